The molecule has 0 spiro atoms. The summed E-state index contributed by atoms with van der Waals surface area (Å²) in [5, 5.41) is 10.7. The fraction of sp³-hybridized carbons (Fsp3) is 0. The highest BCUT2D eigenvalue weighted by Crippen LogP contribution is 2.47. The zero-order valence-corrected chi connectivity index (χ0v) is 20.2. The van der Waals surface area contributed by atoms with Gasteiger partial charge in [-0.25, -0.2) is 0 Å². The maximum atomic E-state index is 6.51. The standard InChI is InChI=1S/C34H20OS/c1-2-9-21(10-3-1)31-22-11-4-6-13-24(22)32(25-14-7-5-12-23(25)31)27-15-8-16-29-33(27)28-17-18-30-26(19-20-36-30)34(28)35-29/h1-20H. The molecule has 168 valence electrons. The maximum absolute atomic E-state index is 6.51. The molecular formula is C34H20OS. The van der Waals surface area contributed by atoms with Gasteiger partial charge in [0.05, 0.1) is 0 Å². The first kappa shape index (κ1) is 19.9. The lowest BCUT2D eigenvalue weighted by molar-refractivity contribution is 0.673. The minimum atomic E-state index is 0.932. The van der Waals surface area contributed by atoms with Gasteiger partial charge in [0.25, 0.3) is 0 Å². The molecule has 0 aliphatic heterocycles. The van der Waals surface area contributed by atoms with E-state index in [1.165, 1.54) is 64.7 Å². The molecule has 0 bridgehead atoms. The van der Waals surface area contributed by atoms with Gasteiger partial charge in [-0.2, -0.15) is 0 Å². The summed E-state index contributed by atoms with van der Waals surface area (Å²) in [7, 11) is 0. The molecular weight excluding hydrogens is 456 g/mol. The summed E-state index contributed by atoms with van der Waals surface area (Å²) in [6, 6.07) is 41.5. The minimum absolute atomic E-state index is 0.932. The first-order chi connectivity index (χ1) is 17.9. The molecule has 0 aliphatic carbocycles. The Bertz CT molecular complexity index is 2040. The van der Waals surface area contributed by atoms with Crippen molar-refractivity contribution in [3.63, 3.8) is 0 Å². The van der Waals surface area contributed by atoms with E-state index in [4.69, 9.17) is 4.42 Å². The Morgan fingerprint density at radius 1 is 0.472 bits per heavy atom. The predicted octanol–water partition coefficient (Wildman–Crippen LogP) is 10.4. The van der Waals surface area contributed by atoms with Gasteiger partial charge in [-0.15, -0.1) is 11.3 Å². The van der Waals surface area contributed by atoms with Crippen molar-refractivity contribution in [1.29, 1.82) is 0 Å². The molecule has 6 aromatic carbocycles. The molecule has 0 radical (unpaired) electrons. The Morgan fingerprint density at radius 3 is 1.86 bits per heavy atom. The second-order valence-corrected chi connectivity index (χ2v) is 10.2. The van der Waals surface area contributed by atoms with Crippen LogP contribution in [0.3, 0.4) is 0 Å². The molecule has 0 fully saturated rings. The number of hydrogen-bond donors (Lipinski definition) is 0. The van der Waals surface area contributed by atoms with Crippen molar-refractivity contribution in [2.75, 3.05) is 0 Å². The van der Waals surface area contributed by atoms with E-state index in [-0.39, 0.29) is 0 Å². The summed E-state index contributed by atoms with van der Waals surface area (Å²) in [6.45, 7) is 0. The van der Waals surface area contributed by atoms with Crippen LogP contribution in [0.4, 0.5) is 0 Å². The molecule has 0 amide bonds. The highest BCUT2D eigenvalue weighted by atomic mass is 32.1. The van der Waals surface area contributed by atoms with Crippen molar-refractivity contribution in [2.24, 2.45) is 0 Å². The minimum Gasteiger partial charge on any atom is -0.455 e. The summed E-state index contributed by atoms with van der Waals surface area (Å²) in [6.07, 6.45) is 0. The van der Waals surface area contributed by atoms with Crippen LogP contribution in [-0.2, 0) is 0 Å². The van der Waals surface area contributed by atoms with Gasteiger partial charge in [-0.1, -0.05) is 91.0 Å². The smallest absolute Gasteiger partial charge is 0.144 e. The van der Waals surface area contributed by atoms with Crippen LogP contribution >= 0.6 is 11.3 Å². The van der Waals surface area contributed by atoms with Gasteiger partial charge in [0.1, 0.15) is 11.2 Å². The van der Waals surface area contributed by atoms with Crippen molar-refractivity contribution in [1.82, 2.24) is 0 Å². The van der Waals surface area contributed by atoms with Crippen LogP contribution in [0.5, 0.6) is 0 Å². The van der Waals surface area contributed by atoms with Crippen LogP contribution in [0.15, 0.2) is 125 Å². The quantitative estimate of drug-likeness (QED) is 0.226. The zero-order chi connectivity index (χ0) is 23.6. The molecule has 8 rings (SSSR count). The largest absolute Gasteiger partial charge is 0.455 e. The summed E-state index contributed by atoms with van der Waals surface area (Å²) < 4.78 is 7.77. The molecule has 8 aromatic rings. The van der Waals surface area contributed by atoms with Crippen LogP contribution in [0, 0.1) is 0 Å². The van der Waals surface area contributed by atoms with Gasteiger partial charge in [-0.05, 0) is 73.4 Å². The average Bonchev–Trinajstić information content (AvgIpc) is 3.57. The third kappa shape index (κ3) is 2.71. The Labute approximate surface area is 211 Å². The van der Waals surface area contributed by atoms with Gasteiger partial charge in [0.15, 0.2) is 0 Å². The van der Waals surface area contributed by atoms with E-state index < -0.39 is 0 Å². The topological polar surface area (TPSA) is 13.1 Å². The number of rotatable bonds is 2. The van der Waals surface area contributed by atoms with Crippen LogP contribution in [0.25, 0.3) is 75.8 Å². The Morgan fingerprint density at radius 2 is 1.14 bits per heavy atom. The SMILES string of the molecule is c1ccc(-c2c3ccccc3c(-c3cccc4oc5c6ccsc6ccc5c34)c3ccccc23)cc1. The fourth-order valence-electron chi connectivity index (χ4n) is 5.87. The van der Waals surface area contributed by atoms with Gasteiger partial charge in [0.2, 0.25) is 0 Å². The Hall–Kier alpha value is -4.40. The second-order valence-electron chi connectivity index (χ2n) is 9.26. The molecule has 0 saturated heterocycles. The molecule has 2 heterocycles. The second kappa shape index (κ2) is 7.55. The van der Waals surface area contributed by atoms with E-state index in [0.717, 1.165) is 11.2 Å². The first-order valence-electron chi connectivity index (χ1n) is 12.2. The van der Waals surface area contributed by atoms with Gasteiger partial charge < -0.3 is 4.42 Å². The molecule has 0 saturated carbocycles. The van der Waals surface area contributed by atoms with Crippen molar-refractivity contribution in [2.45, 2.75) is 0 Å². The normalized spacial score (nSPS) is 11.9. The maximum Gasteiger partial charge on any atom is 0.144 e. The van der Waals surface area contributed by atoms with Crippen molar-refractivity contribution in [3.8, 4) is 22.3 Å². The highest BCUT2D eigenvalue weighted by Gasteiger charge is 2.20. The first-order valence-corrected chi connectivity index (χ1v) is 13.1. The molecule has 36 heavy (non-hydrogen) atoms. The summed E-state index contributed by atoms with van der Waals surface area (Å²) in [4.78, 5) is 0. The Kier molecular flexibility index (Phi) is 4.16. The van der Waals surface area contributed by atoms with Crippen molar-refractivity contribution in [3.05, 3.63) is 121 Å². The van der Waals surface area contributed by atoms with Gasteiger partial charge >= 0.3 is 0 Å². The third-order valence-electron chi connectivity index (χ3n) is 7.36. The Balaban J connectivity index is 1.58. The third-order valence-corrected chi connectivity index (χ3v) is 8.24. The number of benzene rings is 6. The van der Waals surface area contributed by atoms with Crippen molar-refractivity contribution >= 4 is 64.9 Å². The molecule has 2 aromatic heterocycles. The van der Waals surface area contributed by atoms with E-state index >= 15 is 0 Å². The molecule has 0 aliphatic rings. The molecule has 0 unspecified atom stereocenters. The molecule has 0 atom stereocenters. The number of thiophene rings is 1. The van der Waals surface area contributed by atoms with Gasteiger partial charge in [0, 0.05) is 20.9 Å². The van der Waals surface area contributed by atoms with Crippen LogP contribution in [-0.4, -0.2) is 0 Å². The van der Waals surface area contributed by atoms with Crippen molar-refractivity contribution < 1.29 is 4.42 Å². The van der Waals surface area contributed by atoms with Gasteiger partial charge in [-0.3, -0.25) is 0 Å². The van der Waals surface area contributed by atoms with Crippen LogP contribution in [0.1, 0.15) is 0 Å². The number of fused-ring (bicyclic) bond motifs is 7. The highest BCUT2D eigenvalue weighted by molar-refractivity contribution is 7.17. The monoisotopic (exact) mass is 476 g/mol. The van der Waals surface area contributed by atoms with E-state index in [0.29, 0.717) is 0 Å². The van der Waals surface area contributed by atoms with Crippen LogP contribution in [0.2, 0.25) is 0 Å². The van der Waals surface area contributed by atoms with E-state index in [9.17, 15) is 0 Å². The summed E-state index contributed by atoms with van der Waals surface area (Å²) in [5.41, 5.74) is 6.91. The zero-order valence-electron chi connectivity index (χ0n) is 19.4. The molecule has 0 N–H and O–H groups in total. The number of furan rings is 1. The lowest BCUT2D eigenvalue weighted by Gasteiger charge is -2.18. The van der Waals surface area contributed by atoms with Crippen LogP contribution < -0.4 is 0 Å². The molecule has 2 heteroatoms. The lowest BCUT2D eigenvalue weighted by atomic mass is 9.85. The predicted molar refractivity (Wildman–Crippen MR) is 155 cm³/mol. The fourth-order valence-corrected chi connectivity index (χ4v) is 6.66. The van der Waals surface area contributed by atoms with E-state index in [2.05, 4.69) is 121 Å². The van der Waals surface area contributed by atoms with E-state index in [1.807, 2.05) is 0 Å². The van der Waals surface area contributed by atoms with E-state index in [1.54, 1.807) is 11.3 Å². The number of hydrogen-bond acceptors (Lipinski definition) is 2. The summed E-state index contributed by atoms with van der Waals surface area (Å²) >= 11 is 1.76. The average molecular weight is 477 g/mol. The molecule has 1 nitrogen and oxygen atoms in total. The summed E-state index contributed by atoms with van der Waals surface area (Å²) in [5.74, 6) is 0. The lowest BCUT2D eigenvalue weighted by Crippen LogP contribution is -1.91.